The lowest BCUT2D eigenvalue weighted by molar-refractivity contribution is -0.116. The van der Waals surface area contributed by atoms with Gasteiger partial charge in [0.2, 0.25) is 5.91 Å². The number of anilines is 3. The minimum atomic E-state index is -0.657. The highest BCUT2D eigenvalue weighted by atomic mass is 16.2. The van der Waals surface area contributed by atoms with Crippen LogP contribution in [0.25, 0.3) is 0 Å². The van der Waals surface area contributed by atoms with E-state index in [1.165, 1.54) is 0 Å². The summed E-state index contributed by atoms with van der Waals surface area (Å²) in [5.74, 6) is -0.243. The lowest BCUT2D eigenvalue weighted by atomic mass is 10.1. The summed E-state index contributed by atoms with van der Waals surface area (Å²) in [5, 5.41) is 5.27. The SMILES string of the molecule is CC(=O)N1CCc2cc(NC(=O)c3ccc(NC(N)=O)cc3)ccc21. The van der Waals surface area contributed by atoms with Gasteiger partial charge in [-0.05, 0) is 54.4 Å². The molecule has 0 atom stereocenters. The van der Waals surface area contributed by atoms with E-state index in [0.29, 0.717) is 23.5 Å². The molecule has 2 aromatic carbocycles. The predicted octanol–water partition coefficient (Wildman–Crippen LogP) is 2.34. The second kappa shape index (κ2) is 6.64. The highest BCUT2D eigenvalue weighted by Gasteiger charge is 2.22. The van der Waals surface area contributed by atoms with Crippen molar-refractivity contribution in [3.05, 3.63) is 53.6 Å². The quantitative estimate of drug-likeness (QED) is 0.800. The Morgan fingerprint density at radius 1 is 1.00 bits per heavy atom. The zero-order valence-corrected chi connectivity index (χ0v) is 13.7. The van der Waals surface area contributed by atoms with E-state index in [1.807, 2.05) is 12.1 Å². The molecule has 7 heteroatoms. The van der Waals surface area contributed by atoms with Crippen LogP contribution in [0.1, 0.15) is 22.8 Å². The minimum absolute atomic E-state index is 0.0141. The van der Waals surface area contributed by atoms with Gasteiger partial charge < -0.3 is 21.3 Å². The number of hydrogen-bond donors (Lipinski definition) is 3. The van der Waals surface area contributed by atoms with Crippen molar-refractivity contribution in [1.82, 2.24) is 0 Å². The van der Waals surface area contributed by atoms with E-state index in [9.17, 15) is 14.4 Å². The molecule has 7 nitrogen and oxygen atoms in total. The molecule has 128 valence electrons. The van der Waals surface area contributed by atoms with Crippen LogP contribution in [0, 0.1) is 0 Å². The monoisotopic (exact) mass is 338 g/mol. The number of nitrogens with two attached hydrogens (primary N) is 1. The van der Waals surface area contributed by atoms with Gasteiger partial charge in [-0.3, -0.25) is 9.59 Å². The predicted molar refractivity (Wildman–Crippen MR) is 95.8 cm³/mol. The summed E-state index contributed by atoms with van der Waals surface area (Å²) in [4.78, 5) is 36.4. The third-order valence-electron chi connectivity index (χ3n) is 4.03. The number of carbonyl (C=O) groups excluding carboxylic acids is 3. The molecule has 0 radical (unpaired) electrons. The number of urea groups is 1. The lowest BCUT2D eigenvalue weighted by Crippen LogP contribution is -2.25. The van der Waals surface area contributed by atoms with E-state index in [1.54, 1.807) is 42.2 Å². The molecule has 0 aromatic heterocycles. The van der Waals surface area contributed by atoms with Crippen LogP contribution in [0.4, 0.5) is 21.9 Å². The van der Waals surface area contributed by atoms with Gasteiger partial charge in [0.25, 0.3) is 5.91 Å². The van der Waals surface area contributed by atoms with Gasteiger partial charge >= 0.3 is 6.03 Å². The summed E-state index contributed by atoms with van der Waals surface area (Å²) in [5.41, 5.74) is 8.63. The molecular formula is C18H18N4O3. The fraction of sp³-hybridized carbons (Fsp3) is 0.167. The van der Waals surface area contributed by atoms with Crippen LogP contribution in [0.3, 0.4) is 0 Å². The normalized spacial score (nSPS) is 12.4. The average Bonchev–Trinajstić information content (AvgIpc) is 2.98. The van der Waals surface area contributed by atoms with Crippen LogP contribution < -0.4 is 21.3 Å². The van der Waals surface area contributed by atoms with E-state index in [0.717, 1.165) is 17.7 Å². The van der Waals surface area contributed by atoms with Crippen molar-refractivity contribution in [2.45, 2.75) is 13.3 Å². The standard InChI is InChI=1S/C18H18N4O3/c1-11(23)22-9-8-13-10-15(6-7-16(13)22)20-17(24)12-2-4-14(5-3-12)21-18(19)25/h2-7,10H,8-9H2,1H3,(H,20,24)(H3,19,21,25). The highest BCUT2D eigenvalue weighted by molar-refractivity contribution is 6.05. The van der Waals surface area contributed by atoms with Crippen molar-refractivity contribution in [3.8, 4) is 0 Å². The summed E-state index contributed by atoms with van der Waals surface area (Å²) < 4.78 is 0. The van der Waals surface area contributed by atoms with E-state index in [2.05, 4.69) is 10.6 Å². The fourth-order valence-corrected chi connectivity index (χ4v) is 2.86. The first-order valence-electron chi connectivity index (χ1n) is 7.83. The van der Waals surface area contributed by atoms with Gasteiger partial charge in [-0.1, -0.05) is 0 Å². The first-order chi connectivity index (χ1) is 11.9. The van der Waals surface area contributed by atoms with Crippen molar-refractivity contribution in [2.24, 2.45) is 5.73 Å². The van der Waals surface area contributed by atoms with Crippen LogP contribution in [-0.4, -0.2) is 24.4 Å². The Labute approximate surface area is 144 Å². The Morgan fingerprint density at radius 3 is 2.32 bits per heavy atom. The number of primary amides is 1. The smallest absolute Gasteiger partial charge is 0.316 e. The van der Waals surface area contributed by atoms with E-state index >= 15 is 0 Å². The molecule has 0 fully saturated rings. The minimum Gasteiger partial charge on any atom is -0.351 e. The second-order valence-corrected chi connectivity index (χ2v) is 5.78. The van der Waals surface area contributed by atoms with Gasteiger partial charge in [0.15, 0.2) is 0 Å². The molecule has 0 saturated carbocycles. The molecule has 0 saturated heterocycles. The molecule has 25 heavy (non-hydrogen) atoms. The van der Waals surface area contributed by atoms with Crippen LogP contribution in [0.2, 0.25) is 0 Å². The zero-order chi connectivity index (χ0) is 18.0. The summed E-state index contributed by atoms with van der Waals surface area (Å²) in [7, 11) is 0. The summed E-state index contributed by atoms with van der Waals surface area (Å²) in [6, 6.07) is 11.3. The Morgan fingerprint density at radius 2 is 1.68 bits per heavy atom. The number of fused-ring (bicyclic) bond motifs is 1. The molecule has 0 unspecified atom stereocenters. The molecule has 0 spiro atoms. The number of hydrogen-bond acceptors (Lipinski definition) is 3. The van der Waals surface area contributed by atoms with Gasteiger partial charge in [-0.15, -0.1) is 0 Å². The molecule has 3 rings (SSSR count). The summed E-state index contributed by atoms with van der Waals surface area (Å²) >= 11 is 0. The van der Waals surface area contributed by atoms with Crippen LogP contribution in [0.15, 0.2) is 42.5 Å². The maximum atomic E-state index is 12.3. The maximum absolute atomic E-state index is 12.3. The number of carbonyl (C=O) groups is 3. The maximum Gasteiger partial charge on any atom is 0.316 e. The van der Waals surface area contributed by atoms with Gasteiger partial charge in [0, 0.05) is 36.1 Å². The highest BCUT2D eigenvalue weighted by Crippen LogP contribution is 2.30. The second-order valence-electron chi connectivity index (χ2n) is 5.78. The summed E-state index contributed by atoms with van der Waals surface area (Å²) in [6.45, 7) is 2.21. The number of nitrogens with zero attached hydrogens (tertiary/aromatic N) is 1. The van der Waals surface area contributed by atoms with Gasteiger partial charge in [-0.2, -0.15) is 0 Å². The molecule has 1 heterocycles. The van der Waals surface area contributed by atoms with Gasteiger partial charge in [0.05, 0.1) is 0 Å². The van der Waals surface area contributed by atoms with Crippen molar-refractivity contribution >= 4 is 34.9 Å². The number of amides is 4. The third kappa shape index (κ3) is 3.60. The van der Waals surface area contributed by atoms with Crippen molar-refractivity contribution in [3.63, 3.8) is 0 Å². The Bertz CT molecular complexity index is 846. The van der Waals surface area contributed by atoms with Gasteiger partial charge in [0.1, 0.15) is 0 Å². The number of benzene rings is 2. The third-order valence-corrected chi connectivity index (χ3v) is 4.03. The number of nitrogens with one attached hydrogen (secondary N) is 2. The molecule has 4 amide bonds. The zero-order valence-electron chi connectivity index (χ0n) is 13.7. The molecule has 1 aliphatic heterocycles. The molecule has 0 aliphatic carbocycles. The van der Waals surface area contributed by atoms with Crippen LogP contribution >= 0.6 is 0 Å². The number of rotatable bonds is 3. The van der Waals surface area contributed by atoms with Crippen molar-refractivity contribution < 1.29 is 14.4 Å². The Balaban J connectivity index is 1.71. The first-order valence-corrected chi connectivity index (χ1v) is 7.83. The van der Waals surface area contributed by atoms with Crippen molar-refractivity contribution in [1.29, 1.82) is 0 Å². The Hall–Kier alpha value is -3.35. The van der Waals surface area contributed by atoms with Crippen LogP contribution in [-0.2, 0) is 11.2 Å². The van der Waals surface area contributed by atoms with E-state index < -0.39 is 6.03 Å². The summed E-state index contributed by atoms with van der Waals surface area (Å²) in [6.07, 6.45) is 0.770. The largest absolute Gasteiger partial charge is 0.351 e. The molecule has 1 aliphatic rings. The van der Waals surface area contributed by atoms with E-state index in [4.69, 9.17) is 5.73 Å². The van der Waals surface area contributed by atoms with Gasteiger partial charge in [-0.25, -0.2) is 4.79 Å². The molecule has 2 aromatic rings. The van der Waals surface area contributed by atoms with E-state index in [-0.39, 0.29) is 11.8 Å². The lowest BCUT2D eigenvalue weighted by Gasteiger charge is -2.15. The average molecular weight is 338 g/mol. The fourth-order valence-electron chi connectivity index (χ4n) is 2.86. The Kier molecular flexibility index (Phi) is 4.38. The van der Waals surface area contributed by atoms with Crippen molar-refractivity contribution in [2.75, 3.05) is 22.1 Å². The topological polar surface area (TPSA) is 105 Å². The first kappa shape index (κ1) is 16.5. The van der Waals surface area contributed by atoms with Crippen LogP contribution in [0.5, 0.6) is 0 Å². The molecular weight excluding hydrogens is 320 g/mol. The molecule has 0 bridgehead atoms. The molecule has 4 N–H and O–H groups in total.